The number of pyridine rings is 1. The molecule has 0 aliphatic carbocycles. The average molecular weight is 467 g/mol. The first-order chi connectivity index (χ1) is 12.8. The Balaban J connectivity index is 1.93. The van der Waals surface area contributed by atoms with Crippen LogP contribution in [0.3, 0.4) is 0 Å². The van der Waals surface area contributed by atoms with E-state index in [9.17, 15) is 28.8 Å². The summed E-state index contributed by atoms with van der Waals surface area (Å²) in [6, 6.07) is 3.01. The van der Waals surface area contributed by atoms with Crippen LogP contribution in [0.15, 0.2) is 24.5 Å². The minimum atomic E-state index is -5.67. The minimum absolute atomic E-state index is 0.187. The summed E-state index contributed by atoms with van der Waals surface area (Å²) in [5.41, 5.74) is 0. The standard InChI is InChI=1S/C10H16NO14P3/c12-8-7(23-10(9(8)13)22-6-2-1-3-11-4-6)5-21-27(17,18)25-28(19,20)24-26(14,15)16/h1-4,7-10,12-13H,5H2,(H,17,18)(H,19,20)(H2,14,15,16)/t7-,8-,9-,10-/m1/s1. The molecule has 6 N–H and O–H groups in total. The van der Waals surface area contributed by atoms with Gasteiger partial charge in [0.25, 0.3) is 0 Å². The Morgan fingerprint density at radius 1 is 1.04 bits per heavy atom. The molecule has 2 rings (SSSR count). The number of nitrogens with zero attached hydrogens (tertiary/aromatic N) is 1. The molecule has 18 heteroatoms. The van der Waals surface area contributed by atoms with Crippen molar-refractivity contribution in [1.29, 1.82) is 0 Å². The number of phosphoric ester groups is 1. The molecule has 0 radical (unpaired) electrons. The van der Waals surface area contributed by atoms with Crippen LogP contribution in [0.5, 0.6) is 5.75 Å². The van der Waals surface area contributed by atoms with E-state index in [1.54, 1.807) is 0 Å². The summed E-state index contributed by atoms with van der Waals surface area (Å²) in [5, 5.41) is 19.8. The predicted molar refractivity (Wildman–Crippen MR) is 85.4 cm³/mol. The fourth-order valence-electron chi connectivity index (χ4n) is 1.97. The van der Waals surface area contributed by atoms with Crippen LogP contribution >= 0.6 is 23.5 Å². The Kier molecular flexibility index (Phi) is 7.51. The van der Waals surface area contributed by atoms with Crippen LogP contribution in [-0.2, 0) is 31.6 Å². The van der Waals surface area contributed by atoms with Crippen LogP contribution in [0.25, 0.3) is 0 Å². The van der Waals surface area contributed by atoms with Crippen molar-refractivity contribution in [2.24, 2.45) is 0 Å². The molecular weight excluding hydrogens is 451 g/mol. The van der Waals surface area contributed by atoms with Gasteiger partial charge in [-0.2, -0.15) is 8.62 Å². The quantitative estimate of drug-likeness (QED) is 0.245. The lowest BCUT2D eigenvalue weighted by molar-refractivity contribution is -0.116. The Bertz CT molecular complexity index is 800. The van der Waals surface area contributed by atoms with E-state index >= 15 is 0 Å². The molecule has 1 saturated heterocycles. The van der Waals surface area contributed by atoms with Gasteiger partial charge in [0.15, 0.2) is 0 Å². The van der Waals surface area contributed by atoms with Crippen LogP contribution in [0, 0.1) is 0 Å². The van der Waals surface area contributed by atoms with Gasteiger partial charge in [0.05, 0.1) is 12.8 Å². The molecule has 1 aliphatic rings. The van der Waals surface area contributed by atoms with Gasteiger partial charge in [-0.25, -0.2) is 13.7 Å². The van der Waals surface area contributed by atoms with Crippen molar-refractivity contribution in [3.63, 3.8) is 0 Å². The molecule has 0 amide bonds. The first-order valence-corrected chi connectivity index (χ1v) is 11.7. The molecule has 1 aromatic rings. The van der Waals surface area contributed by atoms with Crippen molar-refractivity contribution in [2.45, 2.75) is 24.6 Å². The Morgan fingerprint density at radius 3 is 2.29 bits per heavy atom. The highest BCUT2D eigenvalue weighted by Crippen LogP contribution is 2.66. The highest BCUT2D eigenvalue weighted by molar-refractivity contribution is 7.66. The molecule has 0 bridgehead atoms. The molecule has 15 nitrogen and oxygen atoms in total. The lowest BCUT2D eigenvalue weighted by Crippen LogP contribution is -2.35. The zero-order valence-electron chi connectivity index (χ0n) is 13.6. The smallest absolute Gasteiger partial charge is 0.460 e. The maximum absolute atomic E-state index is 11.6. The van der Waals surface area contributed by atoms with Gasteiger partial charge in [0.2, 0.25) is 6.29 Å². The lowest BCUT2D eigenvalue weighted by atomic mass is 10.1. The van der Waals surface area contributed by atoms with E-state index in [1.807, 2.05) is 0 Å². The van der Waals surface area contributed by atoms with Gasteiger partial charge in [0, 0.05) is 6.20 Å². The summed E-state index contributed by atoms with van der Waals surface area (Å²) < 4.78 is 55.2. The fraction of sp³-hybridized carbons (Fsp3) is 0.500. The van der Waals surface area contributed by atoms with E-state index < -0.39 is 54.7 Å². The first-order valence-electron chi connectivity index (χ1n) is 7.15. The van der Waals surface area contributed by atoms with Gasteiger partial charge >= 0.3 is 23.5 Å². The molecule has 28 heavy (non-hydrogen) atoms. The second-order valence-electron chi connectivity index (χ2n) is 5.22. The first kappa shape index (κ1) is 23.5. The molecule has 160 valence electrons. The zero-order valence-corrected chi connectivity index (χ0v) is 16.2. The van der Waals surface area contributed by atoms with E-state index in [0.29, 0.717) is 0 Å². The van der Waals surface area contributed by atoms with Gasteiger partial charge in [-0.3, -0.25) is 9.51 Å². The SMILES string of the molecule is O=P(O)(O)OP(=O)(O)OP(=O)(O)OC[C@H]1O[C@@H](Oc2cccnc2)[C@H](O)[C@@H]1O. The van der Waals surface area contributed by atoms with Crippen LogP contribution in [0.1, 0.15) is 0 Å². The van der Waals surface area contributed by atoms with Crippen LogP contribution < -0.4 is 4.74 Å². The molecule has 0 aromatic carbocycles. The average Bonchev–Trinajstić information content (AvgIpc) is 2.79. The van der Waals surface area contributed by atoms with E-state index in [1.165, 1.54) is 24.5 Å². The molecule has 1 aliphatic heterocycles. The van der Waals surface area contributed by atoms with Gasteiger partial charge in [-0.05, 0) is 12.1 Å². The fourth-order valence-corrected chi connectivity index (χ4v) is 5.00. The van der Waals surface area contributed by atoms with Crippen LogP contribution in [-0.4, -0.2) is 66.0 Å². The summed E-state index contributed by atoms with van der Waals surface area (Å²) in [5.74, 6) is 0.187. The minimum Gasteiger partial charge on any atom is -0.460 e. The summed E-state index contributed by atoms with van der Waals surface area (Å²) in [7, 11) is -16.6. The van der Waals surface area contributed by atoms with Crippen LogP contribution in [0.4, 0.5) is 0 Å². The number of aliphatic hydroxyl groups excluding tert-OH is 2. The molecule has 2 heterocycles. The lowest BCUT2D eigenvalue weighted by Gasteiger charge is -2.19. The van der Waals surface area contributed by atoms with Gasteiger partial charge in [-0.1, -0.05) is 0 Å². The number of aliphatic hydroxyl groups is 2. The largest absolute Gasteiger partial charge is 0.490 e. The zero-order chi connectivity index (χ0) is 21.2. The third-order valence-corrected chi connectivity index (χ3v) is 6.83. The van der Waals surface area contributed by atoms with Gasteiger partial charge in [0.1, 0.15) is 24.1 Å². The number of aromatic nitrogens is 1. The summed E-state index contributed by atoms with van der Waals surface area (Å²) in [6.45, 7) is -0.936. The second kappa shape index (κ2) is 8.94. The topological polar surface area (TPSA) is 232 Å². The van der Waals surface area contributed by atoms with Gasteiger partial charge in [-0.15, -0.1) is 0 Å². The van der Waals surface area contributed by atoms with E-state index in [0.717, 1.165) is 0 Å². The molecule has 2 unspecified atom stereocenters. The third kappa shape index (κ3) is 7.25. The van der Waals surface area contributed by atoms with Gasteiger partial charge < -0.3 is 39.3 Å². The van der Waals surface area contributed by atoms with E-state index in [4.69, 9.17) is 24.2 Å². The number of hydrogen-bond donors (Lipinski definition) is 6. The van der Waals surface area contributed by atoms with Crippen molar-refractivity contribution in [3.8, 4) is 5.75 Å². The van der Waals surface area contributed by atoms with Crippen molar-refractivity contribution >= 4 is 23.5 Å². The highest BCUT2D eigenvalue weighted by atomic mass is 31.3. The second-order valence-corrected chi connectivity index (χ2v) is 9.64. The maximum atomic E-state index is 11.6. The number of phosphoric acid groups is 3. The van der Waals surface area contributed by atoms with E-state index in [2.05, 4.69) is 18.1 Å². The van der Waals surface area contributed by atoms with Crippen molar-refractivity contribution in [3.05, 3.63) is 24.5 Å². The number of rotatable bonds is 9. The number of ether oxygens (including phenoxy) is 2. The monoisotopic (exact) mass is 467 g/mol. The Morgan fingerprint density at radius 2 is 1.71 bits per heavy atom. The molecule has 6 atom stereocenters. The molecule has 0 saturated carbocycles. The van der Waals surface area contributed by atoms with E-state index in [-0.39, 0.29) is 5.75 Å². The molecular formula is C10H16NO14P3. The molecule has 0 spiro atoms. The predicted octanol–water partition coefficient (Wildman–Crippen LogP) is -0.750. The Labute approximate surface area is 156 Å². The normalized spacial score (nSPS) is 29.8. The van der Waals surface area contributed by atoms with Crippen molar-refractivity contribution in [1.82, 2.24) is 4.98 Å². The van der Waals surface area contributed by atoms with Crippen molar-refractivity contribution in [2.75, 3.05) is 6.61 Å². The highest BCUT2D eigenvalue weighted by Gasteiger charge is 2.46. The Hall–Kier alpha value is -0.760. The summed E-state index contributed by atoms with van der Waals surface area (Å²) in [6.07, 6.45) is -3.31. The maximum Gasteiger partial charge on any atom is 0.490 e. The number of hydrogen-bond acceptors (Lipinski definition) is 11. The summed E-state index contributed by atoms with van der Waals surface area (Å²) >= 11 is 0. The van der Waals surface area contributed by atoms with Crippen LogP contribution in [0.2, 0.25) is 0 Å². The molecule has 1 fully saturated rings. The molecule has 1 aromatic heterocycles. The van der Waals surface area contributed by atoms with Crippen molar-refractivity contribution < 1.29 is 66.1 Å². The summed E-state index contributed by atoms with van der Waals surface area (Å²) in [4.78, 5) is 39.0. The third-order valence-electron chi connectivity index (χ3n) is 3.02.